The van der Waals surface area contributed by atoms with Gasteiger partial charge in [-0.1, -0.05) is 35.1 Å². The smallest absolute Gasteiger partial charge is 0.213 e. The van der Waals surface area contributed by atoms with Gasteiger partial charge in [0.25, 0.3) is 0 Å². The molecule has 132 valence electrons. The van der Waals surface area contributed by atoms with Gasteiger partial charge in [0.2, 0.25) is 15.0 Å². The van der Waals surface area contributed by atoms with E-state index in [1.165, 1.54) is 21.9 Å². The van der Waals surface area contributed by atoms with Crippen LogP contribution in [-0.4, -0.2) is 51.9 Å². The molecular weight excluding hydrogens is 382 g/mol. The number of hydrogen-bond acceptors (Lipinski definition) is 6. The van der Waals surface area contributed by atoms with E-state index in [-0.39, 0.29) is 5.92 Å². The van der Waals surface area contributed by atoms with Crippen LogP contribution in [0.25, 0.3) is 15.5 Å². The summed E-state index contributed by atoms with van der Waals surface area (Å²) < 4.78 is 26.9. The number of piperidine rings is 1. The van der Waals surface area contributed by atoms with E-state index in [1.807, 2.05) is 24.3 Å². The number of sulfonamides is 1. The van der Waals surface area contributed by atoms with Crippen LogP contribution < -0.4 is 0 Å². The Hall–Kier alpha value is -1.55. The van der Waals surface area contributed by atoms with Gasteiger partial charge in [0, 0.05) is 29.6 Å². The Balaban J connectivity index is 1.69. The molecule has 1 atom stereocenters. The maximum atomic E-state index is 11.8. The Morgan fingerprint density at radius 2 is 2.16 bits per heavy atom. The van der Waals surface area contributed by atoms with Crippen molar-refractivity contribution in [1.82, 2.24) is 24.1 Å². The third kappa shape index (κ3) is 3.29. The predicted octanol–water partition coefficient (Wildman–Crippen LogP) is 2.65. The molecule has 0 N–H and O–H groups in total. The molecule has 3 heterocycles. The molecule has 1 fully saturated rings. The minimum atomic E-state index is -3.20. The number of rotatable bonds is 3. The van der Waals surface area contributed by atoms with Crippen molar-refractivity contribution >= 4 is 37.9 Å². The SMILES string of the molecule is CS(=O)(=O)N1CCCC(c2nnc3sc(-c4cccc(Cl)c4)nn23)C1. The highest BCUT2D eigenvalue weighted by atomic mass is 35.5. The van der Waals surface area contributed by atoms with Gasteiger partial charge in [0.1, 0.15) is 5.01 Å². The Morgan fingerprint density at radius 3 is 2.92 bits per heavy atom. The fourth-order valence-corrected chi connectivity index (χ4v) is 5.02. The minimum absolute atomic E-state index is 0.00668. The van der Waals surface area contributed by atoms with Crippen LogP contribution in [0.4, 0.5) is 0 Å². The van der Waals surface area contributed by atoms with Crippen LogP contribution in [0, 0.1) is 0 Å². The summed E-state index contributed by atoms with van der Waals surface area (Å²) in [6.07, 6.45) is 2.92. The summed E-state index contributed by atoms with van der Waals surface area (Å²) in [5.74, 6) is 0.709. The average Bonchev–Trinajstić information content (AvgIpc) is 3.14. The van der Waals surface area contributed by atoms with E-state index in [4.69, 9.17) is 11.6 Å². The molecular formula is C15H16ClN5O2S2. The molecule has 1 saturated heterocycles. The molecule has 0 saturated carbocycles. The number of aromatic nitrogens is 4. The second-order valence-corrected chi connectivity index (χ2v) is 9.51. The van der Waals surface area contributed by atoms with Gasteiger partial charge < -0.3 is 0 Å². The topological polar surface area (TPSA) is 80.5 Å². The second-order valence-electron chi connectivity index (χ2n) is 6.13. The van der Waals surface area contributed by atoms with Crippen molar-refractivity contribution in [3.8, 4) is 10.6 Å². The van der Waals surface area contributed by atoms with Crippen LogP contribution in [0.2, 0.25) is 5.02 Å². The summed E-state index contributed by atoms with van der Waals surface area (Å²) in [6, 6.07) is 7.51. The fourth-order valence-electron chi connectivity index (χ4n) is 3.08. The van der Waals surface area contributed by atoms with Crippen molar-refractivity contribution in [2.75, 3.05) is 19.3 Å². The summed E-state index contributed by atoms with van der Waals surface area (Å²) in [5, 5.41) is 14.6. The first kappa shape index (κ1) is 16.9. The van der Waals surface area contributed by atoms with Gasteiger partial charge in [-0.05, 0) is 25.0 Å². The van der Waals surface area contributed by atoms with Crippen LogP contribution in [0.3, 0.4) is 0 Å². The summed E-state index contributed by atoms with van der Waals surface area (Å²) in [5.41, 5.74) is 0.926. The molecule has 1 aliphatic heterocycles. The van der Waals surface area contributed by atoms with Gasteiger partial charge in [-0.2, -0.15) is 9.61 Å². The zero-order valence-corrected chi connectivity index (χ0v) is 15.9. The predicted molar refractivity (Wildman–Crippen MR) is 97.5 cm³/mol. The third-order valence-electron chi connectivity index (χ3n) is 4.30. The minimum Gasteiger partial charge on any atom is -0.213 e. The first-order chi connectivity index (χ1) is 11.9. The lowest BCUT2D eigenvalue weighted by molar-refractivity contribution is 0.309. The first-order valence-corrected chi connectivity index (χ1v) is 10.9. The number of nitrogens with zero attached hydrogens (tertiary/aromatic N) is 5. The highest BCUT2D eigenvalue weighted by Crippen LogP contribution is 2.31. The molecule has 1 aliphatic rings. The molecule has 2 aromatic heterocycles. The van der Waals surface area contributed by atoms with Gasteiger partial charge >= 0.3 is 0 Å². The molecule has 0 bridgehead atoms. The Bertz CT molecular complexity index is 1030. The first-order valence-electron chi connectivity index (χ1n) is 7.85. The lowest BCUT2D eigenvalue weighted by atomic mass is 9.99. The average molecular weight is 398 g/mol. The van der Waals surface area contributed by atoms with Crippen molar-refractivity contribution in [2.45, 2.75) is 18.8 Å². The maximum absolute atomic E-state index is 11.8. The molecule has 3 aromatic rings. The van der Waals surface area contributed by atoms with Crippen molar-refractivity contribution in [3.63, 3.8) is 0 Å². The zero-order chi connectivity index (χ0) is 17.6. The number of benzene rings is 1. The van der Waals surface area contributed by atoms with E-state index < -0.39 is 10.0 Å². The van der Waals surface area contributed by atoms with Crippen LogP contribution in [0.1, 0.15) is 24.6 Å². The number of halogens is 1. The van der Waals surface area contributed by atoms with Crippen LogP contribution in [-0.2, 0) is 10.0 Å². The highest BCUT2D eigenvalue weighted by molar-refractivity contribution is 7.88. The van der Waals surface area contributed by atoms with E-state index in [2.05, 4.69) is 15.3 Å². The van der Waals surface area contributed by atoms with E-state index >= 15 is 0 Å². The van der Waals surface area contributed by atoms with Crippen molar-refractivity contribution < 1.29 is 8.42 Å². The fraction of sp³-hybridized carbons (Fsp3) is 0.400. The largest absolute Gasteiger partial charge is 0.234 e. The number of fused-ring (bicyclic) bond motifs is 1. The maximum Gasteiger partial charge on any atom is 0.234 e. The quantitative estimate of drug-likeness (QED) is 0.678. The number of hydrogen-bond donors (Lipinski definition) is 0. The van der Waals surface area contributed by atoms with Crippen LogP contribution in [0.5, 0.6) is 0 Å². The van der Waals surface area contributed by atoms with Gasteiger partial charge in [0.15, 0.2) is 5.82 Å². The normalized spacial score (nSPS) is 19.5. The molecule has 10 heteroatoms. The summed E-state index contributed by atoms with van der Waals surface area (Å²) in [4.78, 5) is 0.696. The van der Waals surface area contributed by atoms with Crippen molar-refractivity contribution in [1.29, 1.82) is 0 Å². The van der Waals surface area contributed by atoms with Crippen LogP contribution in [0.15, 0.2) is 24.3 Å². The molecule has 1 aromatic carbocycles. The van der Waals surface area contributed by atoms with E-state index in [9.17, 15) is 8.42 Å². The monoisotopic (exact) mass is 397 g/mol. The van der Waals surface area contributed by atoms with Gasteiger partial charge in [-0.3, -0.25) is 0 Å². The van der Waals surface area contributed by atoms with Crippen LogP contribution >= 0.6 is 22.9 Å². The molecule has 0 spiro atoms. The van der Waals surface area contributed by atoms with E-state index in [0.717, 1.165) is 23.4 Å². The third-order valence-corrected chi connectivity index (χ3v) is 6.76. The van der Waals surface area contributed by atoms with Crippen molar-refractivity contribution in [2.24, 2.45) is 0 Å². The molecule has 0 radical (unpaired) electrons. The van der Waals surface area contributed by atoms with Gasteiger partial charge in [-0.15, -0.1) is 10.2 Å². The highest BCUT2D eigenvalue weighted by Gasteiger charge is 2.30. The molecule has 25 heavy (non-hydrogen) atoms. The lowest BCUT2D eigenvalue weighted by Crippen LogP contribution is -2.38. The second kappa shape index (κ2) is 6.31. The Morgan fingerprint density at radius 1 is 1.32 bits per heavy atom. The molecule has 0 amide bonds. The molecule has 4 rings (SSSR count). The Labute approximate surface area is 154 Å². The summed E-state index contributed by atoms with van der Waals surface area (Å²) >= 11 is 7.50. The van der Waals surface area contributed by atoms with Gasteiger partial charge in [0.05, 0.1) is 6.26 Å². The molecule has 0 aliphatic carbocycles. The molecule has 1 unspecified atom stereocenters. The summed E-state index contributed by atoms with van der Waals surface area (Å²) in [7, 11) is -3.20. The lowest BCUT2D eigenvalue weighted by Gasteiger charge is -2.29. The van der Waals surface area contributed by atoms with E-state index in [1.54, 1.807) is 4.52 Å². The van der Waals surface area contributed by atoms with E-state index in [0.29, 0.717) is 28.9 Å². The zero-order valence-electron chi connectivity index (χ0n) is 13.5. The van der Waals surface area contributed by atoms with Crippen molar-refractivity contribution in [3.05, 3.63) is 35.1 Å². The standard InChI is InChI=1S/C15H16ClN5O2S2/c1-25(22,23)20-7-3-5-11(9-20)13-17-18-15-21(13)19-14(24-15)10-4-2-6-12(16)8-10/h2,4,6,8,11H,3,5,7,9H2,1H3. The Kier molecular flexibility index (Phi) is 4.27. The molecule has 7 nitrogen and oxygen atoms in total. The summed E-state index contributed by atoms with van der Waals surface area (Å²) in [6.45, 7) is 0.978. The van der Waals surface area contributed by atoms with Gasteiger partial charge in [-0.25, -0.2) is 12.7 Å².